The van der Waals surface area contributed by atoms with E-state index in [1.54, 1.807) is 38.7 Å². The third kappa shape index (κ3) is 5.11. The quantitative estimate of drug-likeness (QED) is 0.324. The normalized spacial score (nSPS) is 19.4. The first kappa shape index (κ1) is 26.4. The molecule has 1 fully saturated rings. The highest BCUT2D eigenvalue weighted by Crippen LogP contribution is 2.45. The second-order valence-corrected chi connectivity index (χ2v) is 10.3. The van der Waals surface area contributed by atoms with Crippen molar-refractivity contribution in [2.45, 2.75) is 44.2 Å². The Morgan fingerprint density at radius 2 is 1.71 bits per heavy atom. The maximum atomic E-state index is 13.1. The summed E-state index contributed by atoms with van der Waals surface area (Å²) in [5, 5.41) is 3.79. The van der Waals surface area contributed by atoms with Gasteiger partial charge in [0, 0.05) is 47.3 Å². The molecule has 1 N–H and O–H groups in total. The molecule has 9 heteroatoms. The van der Waals surface area contributed by atoms with E-state index in [1.807, 2.05) is 42.5 Å². The van der Waals surface area contributed by atoms with E-state index < -0.39 is 0 Å². The fourth-order valence-corrected chi connectivity index (χ4v) is 5.87. The number of hydrogen-bond donors (Lipinski definition) is 1. The van der Waals surface area contributed by atoms with Crippen LogP contribution in [0.4, 0.5) is 5.82 Å². The molecule has 0 bridgehead atoms. The van der Waals surface area contributed by atoms with Gasteiger partial charge in [0.15, 0.2) is 17.3 Å². The maximum Gasteiger partial charge on any atom is 0.302 e. The lowest BCUT2D eigenvalue weighted by Crippen LogP contribution is -2.36. The number of aliphatic imine (C=N–C) groups is 1. The number of nitrogens with one attached hydrogen (secondary N) is 1. The topological polar surface area (TPSA) is 112 Å². The summed E-state index contributed by atoms with van der Waals surface area (Å²) in [6, 6.07) is 17.0. The van der Waals surface area contributed by atoms with Crippen molar-refractivity contribution >= 4 is 34.3 Å². The van der Waals surface area contributed by atoms with Gasteiger partial charge in [-0.1, -0.05) is 18.2 Å². The van der Waals surface area contributed by atoms with Crippen LogP contribution in [0.25, 0.3) is 10.9 Å². The third-order valence-corrected chi connectivity index (χ3v) is 7.78. The Kier molecular flexibility index (Phi) is 7.09. The Balaban J connectivity index is 1.32. The molecule has 1 aliphatic heterocycles. The lowest BCUT2D eigenvalue weighted by Gasteiger charge is -2.38. The van der Waals surface area contributed by atoms with E-state index in [1.165, 1.54) is 6.92 Å². The second kappa shape index (κ2) is 11.0. The van der Waals surface area contributed by atoms with Gasteiger partial charge in [-0.2, -0.15) is 0 Å². The molecule has 6 rings (SSSR count). The molecule has 0 radical (unpaired) electrons. The molecule has 1 saturated carbocycles. The fourth-order valence-electron chi connectivity index (χ4n) is 5.87. The molecule has 3 unspecified atom stereocenters. The number of hydrogen-bond acceptors (Lipinski definition) is 8. The van der Waals surface area contributed by atoms with Gasteiger partial charge in [0.1, 0.15) is 11.6 Å². The van der Waals surface area contributed by atoms with Crippen LogP contribution in [0.1, 0.15) is 59.2 Å². The summed E-state index contributed by atoms with van der Waals surface area (Å²) in [5.41, 5.74) is 4.88. The first-order chi connectivity index (χ1) is 19.9. The molecule has 3 atom stereocenters. The number of anilines is 1. The van der Waals surface area contributed by atoms with Crippen molar-refractivity contribution in [3.8, 4) is 11.5 Å². The molecule has 1 aliphatic carbocycles. The van der Waals surface area contributed by atoms with Crippen molar-refractivity contribution in [3.05, 3.63) is 89.2 Å². The summed E-state index contributed by atoms with van der Waals surface area (Å²) < 4.78 is 16.8. The Morgan fingerprint density at radius 3 is 2.46 bits per heavy atom. The van der Waals surface area contributed by atoms with Crippen LogP contribution < -0.4 is 14.8 Å². The number of methoxy groups -OCH3 is 2. The van der Waals surface area contributed by atoms with Crippen LogP contribution in [0.5, 0.6) is 11.5 Å². The largest absolute Gasteiger partial charge is 0.493 e. The van der Waals surface area contributed by atoms with Crippen LogP contribution in [-0.4, -0.2) is 53.9 Å². The number of ether oxygens (including phenoxy) is 3. The first-order valence-electron chi connectivity index (χ1n) is 13.6. The molecular formula is C32H30N4O5. The van der Waals surface area contributed by atoms with Crippen LogP contribution in [-0.2, 0) is 9.53 Å². The molecule has 9 nitrogen and oxygen atoms in total. The molecule has 1 amide bonds. The van der Waals surface area contributed by atoms with E-state index >= 15 is 0 Å². The van der Waals surface area contributed by atoms with Gasteiger partial charge in [-0.3, -0.25) is 19.6 Å². The zero-order valence-electron chi connectivity index (χ0n) is 23.1. The van der Waals surface area contributed by atoms with Crippen LogP contribution in [0.3, 0.4) is 0 Å². The van der Waals surface area contributed by atoms with Gasteiger partial charge in [-0.05, 0) is 61.2 Å². The number of fused-ring (bicyclic) bond motifs is 4. The average Bonchev–Trinajstić information content (AvgIpc) is 3.00. The van der Waals surface area contributed by atoms with E-state index in [2.05, 4.69) is 15.3 Å². The monoisotopic (exact) mass is 550 g/mol. The Bertz CT molecular complexity index is 1660. The Morgan fingerprint density at radius 1 is 0.927 bits per heavy atom. The van der Waals surface area contributed by atoms with E-state index in [0.717, 1.165) is 40.6 Å². The predicted octanol–water partition coefficient (Wildman–Crippen LogP) is 5.32. The zero-order chi connectivity index (χ0) is 28.5. The molecule has 3 heterocycles. The second-order valence-electron chi connectivity index (χ2n) is 10.3. The lowest BCUT2D eigenvalue weighted by molar-refractivity contribution is -0.148. The molecule has 41 heavy (non-hydrogen) atoms. The van der Waals surface area contributed by atoms with Crippen molar-refractivity contribution in [2.24, 2.45) is 4.99 Å². The highest BCUT2D eigenvalue weighted by atomic mass is 16.5. The van der Waals surface area contributed by atoms with Gasteiger partial charge in [-0.25, -0.2) is 4.98 Å². The number of nitrogens with zero attached hydrogens (tertiary/aromatic N) is 3. The van der Waals surface area contributed by atoms with Crippen molar-refractivity contribution in [1.29, 1.82) is 0 Å². The van der Waals surface area contributed by atoms with Gasteiger partial charge in [0.2, 0.25) is 0 Å². The van der Waals surface area contributed by atoms with Crippen molar-refractivity contribution in [1.82, 2.24) is 9.97 Å². The lowest BCUT2D eigenvalue weighted by atomic mass is 9.74. The summed E-state index contributed by atoms with van der Waals surface area (Å²) in [5.74, 6) is 1.21. The van der Waals surface area contributed by atoms with Gasteiger partial charge < -0.3 is 19.5 Å². The van der Waals surface area contributed by atoms with Gasteiger partial charge in [0.05, 0.1) is 26.0 Å². The standard InChI is InChI=1S/C32H30N4O5/c1-18(37)41-22-10-11-26-24(15-22)23-16-27(39-2)28(40-3)17-25(23)29(35-26)20-6-8-21(9-7-20)32(38)36-31-30-19(12-14-34-31)5-4-13-33-30/h4-9,12-14,16-17,22,24,26H,10-11,15H2,1-3H3,(H,34,36,38). The van der Waals surface area contributed by atoms with Crippen molar-refractivity contribution in [2.75, 3.05) is 19.5 Å². The van der Waals surface area contributed by atoms with E-state index in [4.69, 9.17) is 19.2 Å². The van der Waals surface area contributed by atoms with E-state index in [0.29, 0.717) is 34.8 Å². The molecule has 2 aliphatic rings. The summed E-state index contributed by atoms with van der Waals surface area (Å²) >= 11 is 0. The number of aromatic nitrogens is 2. The fraction of sp³-hybridized carbons (Fsp3) is 0.281. The smallest absolute Gasteiger partial charge is 0.302 e. The number of rotatable bonds is 6. The first-order valence-corrected chi connectivity index (χ1v) is 13.6. The molecule has 2 aromatic carbocycles. The molecule has 2 aromatic heterocycles. The minimum absolute atomic E-state index is 0.0373. The molecule has 208 valence electrons. The van der Waals surface area contributed by atoms with Crippen LogP contribution in [0, 0.1) is 0 Å². The Hall–Kier alpha value is -4.79. The van der Waals surface area contributed by atoms with Gasteiger partial charge >= 0.3 is 5.97 Å². The summed E-state index contributed by atoms with van der Waals surface area (Å²) in [7, 11) is 3.23. The van der Waals surface area contributed by atoms with Gasteiger partial charge in [-0.15, -0.1) is 0 Å². The van der Waals surface area contributed by atoms with Crippen LogP contribution >= 0.6 is 0 Å². The number of carbonyl (C=O) groups is 2. The molecular weight excluding hydrogens is 520 g/mol. The van der Waals surface area contributed by atoms with E-state index in [9.17, 15) is 9.59 Å². The number of esters is 1. The number of amides is 1. The molecule has 0 spiro atoms. The predicted molar refractivity (Wildman–Crippen MR) is 155 cm³/mol. The third-order valence-electron chi connectivity index (χ3n) is 7.78. The highest BCUT2D eigenvalue weighted by molar-refractivity contribution is 6.15. The van der Waals surface area contributed by atoms with Crippen molar-refractivity contribution in [3.63, 3.8) is 0 Å². The van der Waals surface area contributed by atoms with Crippen LogP contribution in [0.2, 0.25) is 0 Å². The maximum absolute atomic E-state index is 13.1. The minimum atomic E-state index is -0.275. The Labute approximate surface area is 237 Å². The average molecular weight is 551 g/mol. The minimum Gasteiger partial charge on any atom is -0.493 e. The number of benzene rings is 2. The number of carbonyl (C=O) groups excluding carboxylic acids is 2. The molecule has 4 aromatic rings. The summed E-state index contributed by atoms with van der Waals surface area (Å²) in [6.07, 6.45) is 5.44. The summed E-state index contributed by atoms with van der Waals surface area (Å²) in [4.78, 5) is 38.6. The van der Waals surface area contributed by atoms with Gasteiger partial charge in [0.25, 0.3) is 5.91 Å². The summed E-state index contributed by atoms with van der Waals surface area (Å²) in [6.45, 7) is 1.45. The van der Waals surface area contributed by atoms with Crippen LogP contribution in [0.15, 0.2) is 72.0 Å². The number of pyridine rings is 2. The highest BCUT2D eigenvalue weighted by Gasteiger charge is 2.38. The molecule has 0 saturated heterocycles. The zero-order valence-corrected chi connectivity index (χ0v) is 23.1. The van der Waals surface area contributed by atoms with E-state index in [-0.39, 0.29) is 29.9 Å². The SMILES string of the molecule is COc1cc2c(cc1OC)C1CC(OC(C)=O)CCC1N=C2c1ccc(C(=O)Nc2nccc3cccnc23)cc1. The van der Waals surface area contributed by atoms with Crippen molar-refractivity contribution < 1.29 is 23.8 Å².